The molecule has 3 rings (SSSR count). The van der Waals surface area contributed by atoms with Crippen LogP contribution in [-0.4, -0.2) is 40.2 Å². The highest BCUT2D eigenvalue weighted by Crippen LogP contribution is 2.20. The number of carbonyl (C=O) groups is 1. The number of hydrogen-bond acceptors (Lipinski definition) is 6. The second-order valence-corrected chi connectivity index (χ2v) is 7.76. The summed E-state index contributed by atoms with van der Waals surface area (Å²) < 4.78 is 16.1. The first-order valence-electron chi connectivity index (χ1n) is 10.0. The molecule has 0 unspecified atom stereocenters. The lowest BCUT2D eigenvalue weighted by Gasteiger charge is -2.36. The van der Waals surface area contributed by atoms with Gasteiger partial charge < -0.3 is 16.0 Å². The van der Waals surface area contributed by atoms with Crippen molar-refractivity contribution in [2.75, 3.05) is 18.0 Å². The van der Waals surface area contributed by atoms with Gasteiger partial charge in [-0.2, -0.15) is 5.26 Å². The number of nitriles is 1. The van der Waals surface area contributed by atoms with E-state index in [1.807, 2.05) is 11.0 Å². The highest BCUT2D eigenvalue weighted by Gasteiger charge is 2.25. The molecule has 164 valence electrons. The van der Waals surface area contributed by atoms with Crippen molar-refractivity contribution in [2.45, 2.75) is 38.4 Å². The maximum Gasteiger partial charge on any atom is 0.332 e. The summed E-state index contributed by atoms with van der Waals surface area (Å²) in [4.78, 5) is 39.1. The predicted molar refractivity (Wildman–Crippen MR) is 113 cm³/mol. The summed E-state index contributed by atoms with van der Waals surface area (Å²) in [5.74, 6) is -0.433. The molecule has 1 saturated heterocycles. The SMILES string of the molecule is C[C@@H](N)C(=O)N[C@@H]1CCCN(c2cc(=O)n(C)c(=O)n2Cc2cc(F)ccc2C#N)C1. The van der Waals surface area contributed by atoms with Crippen LogP contribution in [0.15, 0.2) is 33.9 Å². The molecule has 0 radical (unpaired) electrons. The Labute approximate surface area is 178 Å². The fourth-order valence-electron chi connectivity index (χ4n) is 3.68. The van der Waals surface area contributed by atoms with Crippen LogP contribution in [0.3, 0.4) is 0 Å². The molecular formula is C21H25FN6O3. The Balaban J connectivity index is 2.00. The topological polar surface area (TPSA) is 126 Å². The molecule has 31 heavy (non-hydrogen) atoms. The Hall–Kier alpha value is -3.45. The molecule has 1 aromatic carbocycles. The third-order valence-electron chi connectivity index (χ3n) is 5.40. The van der Waals surface area contributed by atoms with E-state index in [9.17, 15) is 24.0 Å². The minimum atomic E-state index is -0.644. The minimum Gasteiger partial charge on any atom is -0.356 e. The van der Waals surface area contributed by atoms with Gasteiger partial charge in [0, 0.05) is 32.2 Å². The van der Waals surface area contributed by atoms with Crippen LogP contribution < -0.4 is 27.2 Å². The van der Waals surface area contributed by atoms with Crippen molar-refractivity contribution in [1.82, 2.24) is 14.5 Å². The minimum absolute atomic E-state index is 0.0731. The highest BCUT2D eigenvalue weighted by atomic mass is 19.1. The van der Waals surface area contributed by atoms with Crippen LogP contribution in [-0.2, 0) is 18.4 Å². The summed E-state index contributed by atoms with van der Waals surface area (Å²) in [6.07, 6.45) is 1.48. The number of piperidine rings is 1. The molecule has 2 atom stereocenters. The Morgan fingerprint density at radius 2 is 2.13 bits per heavy atom. The van der Waals surface area contributed by atoms with Gasteiger partial charge in [-0.15, -0.1) is 0 Å². The number of halogens is 1. The number of rotatable bonds is 5. The van der Waals surface area contributed by atoms with Crippen molar-refractivity contribution in [1.29, 1.82) is 5.26 Å². The van der Waals surface area contributed by atoms with Gasteiger partial charge in [0.25, 0.3) is 5.56 Å². The van der Waals surface area contributed by atoms with E-state index in [1.54, 1.807) is 6.92 Å². The first-order chi connectivity index (χ1) is 14.7. The Morgan fingerprint density at radius 1 is 1.39 bits per heavy atom. The van der Waals surface area contributed by atoms with Gasteiger partial charge in [-0.05, 0) is 43.5 Å². The lowest BCUT2D eigenvalue weighted by atomic mass is 10.0. The van der Waals surface area contributed by atoms with Gasteiger partial charge in [-0.1, -0.05) is 0 Å². The maximum atomic E-state index is 13.8. The molecule has 2 heterocycles. The van der Waals surface area contributed by atoms with E-state index in [0.29, 0.717) is 24.5 Å². The number of amides is 1. The zero-order valence-electron chi connectivity index (χ0n) is 17.5. The Kier molecular flexibility index (Phi) is 6.56. The smallest absolute Gasteiger partial charge is 0.332 e. The molecule has 1 amide bonds. The largest absolute Gasteiger partial charge is 0.356 e. The molecule has 0 bridgehead atoms. The van der Waals surface area contributed by atoms with Gasteiger partial charge >= 0.3 is 5.69 Å². The molecule has 1 aliphatic heterocycles. The zero-order valence-corrected chi connectivity index (χ0v) is 17.5. The van der Waals surface area contributed by atoms with Gasteiger partial charge in [0.15, 0.2) is 0 Å². The van der Waals surface area contributed by atoms with Crippen LogP contribution in [0.2, 0.25) is 0 Å². The number of anilines is 1. The number of benzene rings is 1. The molecule has 0 spiro atoms. The fraction of sp³-hybridized carbons (Fsp3) is 0.429. The number of nitrogens with one attached hydrogen (secondary N) is 1. The number of hydrogen-bond donors (Lipinski definition) is 2. The lowest BCUT2D eigenvalue weighted by molar-refractivity contribution is -0.122. The molecule has 3 N–H and O–H groups in total. The summed E-state index contributed by atoms with van der Waals surface area (Å²) in [6, 6.07) is 6.27. The van der Waals surface area contributed by atoms with E-state index >= 15 is 0 Å². The normalized spacial score (nSPS) is 17.1. The van der Waals surface area contributed by atoms with Gasteiger partial charge in [0.1, 0.15) is 11.6 Å². The second-order valence-electron chi connectivity index (χ2n) is 7.76. The van der Waals surface area contributed by atoms with Crippen LogP contribution in [0.4, 0.5) is 10.2 Å². The van der Waals surface area contributed by atoms with Crippen molar-refractivity contribution in [3.8, 4) is 6.07 Å². The average Bonchev–Trinajstić information content (AvgIpc) is 2.74. The Morgan fingerprint density at radius 3 is 2.81 bits per heavy atom. The molecule has 2 aromatic rings. The van der Waals surface area contributed by atoms with Crippen molar-refractivity contribution in [3.63, 3.8) is 0 Å². The van der Waals surface area contributed by atoms with Gasteiger partial charge in [-0.3, -0.25) is 18.7 Å². The van der Waals surface area contributed by atoms with E-state index in [4.69, 9.17) is 5.73 Å². The first-order valence-corrected chi connectivity index (χ1v) is 10.0. The summed E-state index contributed by atoms with van der Waals surface area (Å²) in [5.41, 5.74) is 5.17. The molecule has 0 aliphatic carbocycles. The highest BCUT2D eigenvalue weighted by molar-refractivity contribution is 5.81. The first kappa shape index (κ1) is 22.2. The molecular weight excluding hydrogens is 403 g/mol. The van der Waals surface area contributed by atoms with Gasteiger partial charge in [0.05, 0.1) is 24.2 Å². The van der Waals surface area contributed by atoms with Gasteiger partial charge in [-0.25, -0.2) is 9.18 Å². The number of carbonyl (C=O) groups excluding carboxylic acids is 1. The van der Waals surface area contributed by atoms with Crippen LogP contribution >= 0.6 is 0 Å². The van der Waals surface area contributed by atoms with Crippen LogP contribution in [0, 0.1) is 17.1 Å². The molecule has 1 aliphatic rings. The van der Waals surface area contributed by atoms with Crippen molar-refractivity contribution in [2.24, 2.45) is 12.8 Å². The van der Waals surface area contributed by atoms with E-state index in [2.05, 4.69) is 5.32 Å². The number of nitrogens with zero attached hydrogens (tertiary/aromatic N) is 4. The third kappa shape index (κ3) is 4.83. The molecule has 1 aromatic heterocycles. The predicted octanol–water partition coefficient (Wildman–Crippen LogP) is 0.0383. The quantitative estimate of drug-likeness (QED) is 0.692. The van der Waals surface area contributed by atoms with Crippen LogP contribution in [0.5, 0.6) is 0 Å². The standard InChI is InChI=1S/C21H25FN6O3/c1-13(24)20(30)25-17-4-3-7-27(12-17)18-9-19(29)26(2)21(31)28(18)11-15-8-16(22)6-5-14(15)10-23/h5-6,8-9,13,17H,3-4,7,11-12,24H2,1-2H3,(H,25,30)/t13-,17-/m1/s1. The fourth-order valence-corrected chi connectivity index (χ4v) is 3.68. The Bertz CT molecular complexity index is 1150. The van der Waals surface area contributed by atoms with E-state index in [1.165, 1.54) is 35.9 Å². The van der Waals surface area contributed by atoms with Crippen LogP contribution in [0.1, 0.15) is 30.9 Å². The van der Waals surface area contributed by atoms with Crippen LogP contribution in [0.25, 0.3) is 0 Å². The van der Waals surface area contributed by atoms with Gasteiger partial charge in [0.2, 0.25) is 5.91 Å². The van der Waals surface area contributed by atoms with Crippen molar-refractivity contribution >= 4 is 11.7 Å². The summed E-state index contributed by atoms with van der Waals surface area (Å²) in [6.45, 7) is 2.49. The second kappa shape index (κ2) is 9.14. The zero-order chi connectivity index (χ0) is 22.7. The van der Waals surface area contributed by atoms with E-state index < -0.39 is 23.1 Å². The number of nitrogens with two attached hydrogens (primary N) is 1. The average molecular weight is 428 g/mol. The third-order valence-corrected chi connectivity index (χ3v) is 5.40. The monoisotopic (exact) mass is 428 g/mol. The van der Waals surface area contributed by atoms with E-state index in [0.717, 1.165) is 17.4 Å². The van der Waals surface area contributed by atoms with E-state index in [-0.39, 0.29) is 24.1 Å². The summed E-state index contributed by atoms with van der Waals surface area (Å²) in [5, 5.41) is 12.2. The number of aromatic nitrogens is 2. The maximum absolute atomic E-state index is 13.8. The molecule has 1 fully saturated rings. The molecule has 9 nitrogen and oxygen atoms in total. The lowest BCUT2D eigenvalue weighted by Crippen LogP contribution is -2.52. The molecule has 10 heteroatoms. The summed E-state index contributed by atoms with van der Waals surface area (Å²) in [7, 11) is 1.36. The molecule has 0 saturated carbocycles. The summed E-state index contributed by atoms with van der Waals surface area (Å²) >= 11 is 0. The van der Waals surface area contributed by atoms with Crippen molar-refractivity contribution < 1.29 is 9.18 Å². The van der Waals surface area contributed by atoms with Crippen molar-refractivity contribution in [3.05, 3.63) is 62.0 Å².